The number of hydrogen-bond acceptors (Lipinski definition) is 3. The number of nitrogens with two attached hydrogens (primary N) is 3. The largest absolute Gasteiger partial charge is 0.497 e. The summed E-state index contributed by atoms with van der Waals surface area (Å²) in [6.45, 7) is 0. The molecule has 0 heterocycles. The van der Waals surface area contributed by atoms with Crippen molar-refractivity contribution in [2.75, 3.05) is 17.7 Å². The lowest BCUT2D eigenvalue weighted by molar-refractivity contribution is 0.262. The van der Waals surface area contributed by atoms with Crippen molar-refractivity contribution in [3.8, 4) is 5.75 Å². The van der Waals surface area contributed by atoms with Crippen LogP contribution in [0.1, 0.15) is 0 Å². The number of anilines is 2. The zero-order valence-corrected chi connectivity index (χ0v) is 13.6. The van der Waals surface area contributed by atoms with E-state index >= 15 is 0 Å². The number of aliphatic imine (C=N–C) groups is 2. The molecule has 0 saturated carbocycles. The minimum absolute atomic E-state index is 0.0574. The Balaban J connectivity index is 1.95. The molecule has 130 valence electrons. The molecule has 0 spiro atoms. The maximum Gasteiger partial charge on any atom is 0.323 e. The number of amides is 2. The highest BCUT2D eigenvalue weighted by molar-refractivity contribution is 6.00. The van der Waals surface area contributed by atoms with Gasteiger partial charge in [-0.1, -0.05) is 0 Å². The van der Waals surface area contributed by atoms with E-state index in [2.05, 4.69) is 20.6 Å². The number of hydrogen-bond donors (Lipinski definition) is 5. The van der Waals surface area contributed by atoms with Crippen LogP contribution >= 0.6 is 0 Å². The molecule has 8 N–H and O–H groups in total. The van der Waals surface area contributed by atoms with Gasteiger partial charge >= 0.3 is 6.03 Å². The quantitative estimate of drug-likeness (QED) is 0.422. The van der Waals surface area contributed by atoms with Crippen LogP contribution in [0.2, 0.25) is 0 Å². The van der Waals surface area contributed by atoms with E-state index in [9.17, 15) is 4.79 Å². The second-order valence-electron chi connectivity index (χ2n) is 4.86. The highest BCUT2D eigenvalue weighted by Gasteiger charge is 2.03. The fraction of sp³-hybridized carbons (Fsp3) is 0.0625. The summed E-state index contributed by atoms with van der Waals surface area (Å²) >= 11 is 0. The predicted octanol–water partition coefficient (Wildman–Crippen LogP) is 1.56. The van der Waals surface area contributed by atoms with Crippen LogP contribution in [0.3, 0.4) is 0 Å². The van der Waals surface area contributed by atoms with Crippen LogP contribution in [-0.4, -0.2) is 25.1 Å². The Hall–Kier alpha value is -3.75. The third-order valence-corrected chi connectivity index (χ3v) is 2.96. The summed E-state index contributed by atoms with van der Waals surface area (Å²) in [6.07, 6.45) is 0. The molecule has 0 aliphatic carbocycles. The van der Waals surface area contributed by atoms with Crippen LogP contribution in [0.15, 0.2) is 58.5 Å². The fourth-order valence-electron chi connectivity index (χ4n) is 1.88. The standard InChI is InChI=1S/C16H19N7O2/c1-25-13-8-6-12(7-9-13)22-16(24)21-11-4-2-10(3-5-11)20-15(19)23-14(17)18/h2-9H,1H3,(H2,21,22,24)(H6,17,18,19,20,23). The van der Waals surface area contributed by atoms with Crippen molar-refractivity contribution in [2.45, 2.75) is 0 Å². The summed E-state index contributed by atoms with van der Waals surface area (Å²) < 4.78 is 5.06. The first kappa shape index (κ1) is 17.6. The van der Waals surface area contributed by atoms with Crippen molar-refractivity contribution >= 4 is 35.0 Å². The summed E-state index contributed by atoms with van der Waals surface area (Å²) in [5, 5.41) is 5.41. The third-order valence-electron chi connectivity index (χ3n) is 2.96. The number of carbonyl (C=O) groups excluding carboxylic acids is 1. The van der Waals surface area contributed by atoms with E-state index in [4.69, 9.17) is 21.9 Å². The third kappa shape index (κ3) is 5.75. The first-order chi connectivity index (χ1) is 12.0. The molecule has 2 rings (SSSR count). The zero-order chi connectivity index (χ0) is 18.2. The van der Waals surface area contributed by atoms with Crippen molar-refractivity contribution in [1.82, 2.24) is 0 Å². The normalized spacial score (nSPS) is 10.7. The molecule has 2 aromatic rings. The van der Waals surface area contributed by atoms with Gasteiger partial charge in [-0.25, -0.2) is 9.79 Å². The average Bonchev–Trinajstić information content (AvgIpc) is 2.56. The van der Waals surface area contributed by atoms with Gasteiger partial charge in [-0.2, -0.15) is 4.99 Å². The van der Waals surface area contributed by atoms with Crippen LogP contribution in [0.4, 0.5) is 21.9 Å². The number of nitrogens with zero attached hydrogens (tertiary/aromatic N) is 2. The zero-order valence-electron chi connectivity index (χ0n) is 13.6. The number of guanidine groups is 2. The van der Waals surface area contributed by atoms with Crippen molar-refractivity contribution in [3.05, 3.63) is 48.5 Å². The van der Waals surface area contributed by atoms with E-state index in [0.29, 0.717) is 22.8 Å². The second-order valence-corrected chi connectivity index (χ2v) is 4.86. The summed E-state index contributed by atoms with van der Waals surface area (Å²) in [5.41, 5.74) is 17.7. The Morgan fingerprint density at radius 1 is 0.920 bits per heavy atom. The monoisotopic (exact) mass is 341 g/mol. The molecule has 0 atom stereocenters. The Bertz CT molecular complexity index is 779. The number of benzene rings is 2. The van der Waals surface area contributed by atoms with Crippen molar-refractivity contribution in [2.24, 2.45) is 27.2 Å². The van der Waals surface area contributed by atoms with Gasteiger partial charge in [0.2, 0.25) is 5.96 Å². The van der Waals surface area contributed by atoms with Gasteiger partial charge in [-0.05, 0) is 48.5 Å². The Kier molecular flexibility index (Phi) is 5.77. The molecular formula is C16H19N7O2. The number of ether oxygens (including phenoxy) is 1. The van der Waals surface area contributed by atoms with Gasteiger partial charge in [0.25, 0.3) is 0 Å². The molecule has 9 nitrogen and oxygen atoms in total. The van der Waals surface area contributed by atoms with E-state index in [1.54, 1.807) is 55.6 Å². The first-order valence-corrected chi connectivity index (χ1v) is 7.22. The van der Waals surface area contributed by atoms with E-state index in [1.165, 1.54) is 0 Å². The van der Waals surface area contributed by atoms with Gasteiger partial charge in [0, 0.05) is 11.4 Å². The molecule has 0 fully saturated rings. The van der Waals surface area contributed by atoms with Crippen molar-refractivity contribution in [1.29, 1.82) is 0 Å². The van der Waals surface area contributed by atoms with Gasteiger partial charge in [0.1, 0.15) is 5.75 Å². The summed E-state index contributed by atoms with van der Waals surface area (Å²) in [7, 11) is 1.58. The smallest absolute Gasteiger partial charge is 0.323 e. The highest BCUT2D eigenvalue weighted by Crippen LogP contribution is 2.18. The average molecular weight is 341 g/mol. The predicted molar refractivity (Wildman–Crippen MR) is 99.2 cm³/mol. The Morgan fingerprint density at radius 3 is 1.92 bits per heavy atom. The van der Waals surface area contributed by atoms with Gasteiger partial charge in [-0.15, -0.1) is 0 Å². The van der Waals surface area contributed by atoms with Crippen molar-refractivity contribution < 1.29 is 9.53 Å². The fourth-order valence-corrected chi connectivity index (χ4v) is 1.88. The van der Waals surface area contributed by atoms with E-state index in [1.807, 2.05) is 0 Å². The lowest BCUT2D eigenvalue weighted by atomic mass is 10.3. The van der Waals surface area contributed by atoms with Crippen LogP contribution in [0.5, 0.6) is 5.75 Å². The molecule has 0 aliphatic rings. The number of methoxy groups -OCH3 is 1. The highest BCUT2D eigenvalue weighted by atomic mass is 16.5. The van der Waals surface area contributed by atoms with Crippen LogP contribution in [0.25, 0.3) is 0 Å². The molecule has 0 unspecified atom stereocenters. The first-order valence-electron chi connectivity index (χ1n) is 7.22. The molecule has 2 amide bonds. The molecular weight excluding hydrogens is 322 g/mol. The summed E-state index contributed by atoms with van der Waals surface area (Å²) in [5.74, 6) is 0.481. The van der Waals surface area contributed by atoms with E-state index in [0.717, 1.165) is 0 Å². The molecule has 0 aromatic heterocycles. The van der Waals surface area contributed by atoms with E-state index < -0.39 is 0 Å². The minimum Gasteiger partial charge on any atom is -0.497 e. The van der Waals surface area contributed by atoms with Gasteiger partial charge in [0.15, 0.2) is 5.96 Å². The van der Waals surface area contributed by atoms with Crippen LogP contribution in [0, 0.1) is 0 Å². The Labute approximate surface area is 144 Å². The topological polar surface area (TPSA) is 153 Å². The Morgan fingerprint density at radius 2 is 1.44 bits per heavy atom. The second kappa shape index (κ2) is 8.20. The molecule has 0 bridgehead atoms. The maximum atomic E-state index is 12.0. The lowest BCUT2D eigenvalue weighted by Gasteiger charge is -2.08. The van der Waals surface area contributed by atoms with Gasteiger partial charge in [0.05, 0.1) is 12.8 Å². The van der Waals surface area contributed by atoms with Crippen LogP contribution < -0.4 is 32.6 Å². The number of rotatable bonds is 4. The van der Waals surface area contributed by atoms with Crippen LogP contribution in [-0.2, 0) is 0 Å². The lowest BCUT2D eigenvalue weighted by Crippen LogP contribution is -2.26. The number of carbonyl (C=O) groups is 1. The SMILES string of the molecule is COc1ccc(NC(=O)Nc2ccc(N=C(N)N=C(N)N)cc2)cc1. The van der Waals surface area contributed by atoms with Gasteiger partial charge in [-0.3, -0.25) is 0 Å². The summed E-state index contributed by atoms with van der Waals surface area (Å²) in [6, 6.07) is 13.3. The molecule has 2 aromatic carbocycles. The molecule has 0 saturated heterocycles. The number of nitrogens with one attached hydrogen (secondary N) is 2. The summed E-state index contributed by atoms with van der Waals surface area (Å²) in [4.78, 5) is 19.6. The van der Waals surface area contributed by atoms with Crippen molar-refractivity contribution in [3.63, 3.8) is 0 Å². The van der Waals surface area contributed by atoms with Gasteiger partial charge < -0.3 is 32.6 Å². The molecule has 9 heteroatoms. The minimum atomic E-state index is -0.374. The molecule has 0 radical (unpaired) electrons. The van der Waals surface area contributed by atoms with E-state index in [-0.39, 0.29) is 18.0 Å². The maximum absolute atomic E-state index is 12.0. The molecule has 0 aliphatic heterocycles. The molecule has 25 heavy (non-hydrogen) atoms. The number of urea groups is 1.